The van der Waals surface area contributed by atoms with Crippen molar-refractivity contribution in [2.45, 2.75) is 26.9 Å². The molecule has 0 aliphatic carbocycles. The lowest BCUT2D eigenvalue weighted by atomic mass is 10.3. The van der Waals surface area contributed by atoms with Gasteiger partial charge in [0.15, 0.2) is 0 Å². The zero-order valence-corrected chi connectivity index (χ0v) is 10.7. The molecule has 0 saturated carbocycles. The topological polar surface area (TPSA) is 43.4 Å². The molecule has 1 aromatic rings. The number of nitrogens with one attached hydrogen (secondary N) is 1. The Balaban J connectivity index is 2.19. The van der Waals surface area contributed by atoms with E-state index in [9.17, 15) is 0 Å². The molecular weight excluding hydrogens is 216 g/mol. The number of ether oxygens (including phenoxy) is 2. The molecule has 1 aromatic heterocycles. The van der Waals surface area contributed by atoms with Gasteiger partial charge in [0, 0.05) is 19.3 Å². The third-order valence-electron chi connectivity index (χ3n) is 2.17. The maximum atomic E-state index is 5.52. The maximum Gasteiger partial charge on any atom is 0.126 e. The summed E-state index contributed by atoms with van der Waals surface area (Å²) in [7, 11) is 0. The average Bonchev–Trinajstić information content (AvgIpc) is 2.35. The highest BCUT2D eigenvalue weighted by Gasteiger charge is 1.96. The van der Waals surface area contributed by atoms with Gasteiger partial charge in [0.25, 0.3) is 0 Å². The Labute approximate surface area is 103 Å². The Morgan fingerprint density at radius 3 is 2.76 bits per heavy atom. The van der Waals surface area contributed by atoms with Crippen LogP contribution < -0.4 is 5.32 Å². The van der Waals surface area contributed by atoms with Crippen LogP contribution in [0.25, 0.3) is 0 Å². The molecule has 0 aromatic carbocycles. The number of rotatable bonds is 9. The van der Waals surface area contributed by atoms with Crippen LogP contribution in [-0.2, 0) is 16.1 Å². The van der Waals surface area contributed by atoms with Gasteiger partial charge in [0.05, 0.1) is 19.8 Å². The van der Waals surface area contributed by atoms with Crippen molar-refractivity contribution < 1.29 is 9.47 Å². The number of aromatic nitrogens is 1. The molecule has 0 fully saturated rings. The van der Waals surface area contributed by atoms with Crippen LogP contribution in [0, 0.1) is 0 Å². The molecule has 4 heteroatoms. The Morgan fingerprint density at radius 1 is 1.18 bits per heavy atom. The lowest BCUT2D eigenvalue weighted by molar-refractivity contribution is 0.0408. The van der Waals surface area contributed by atoms with E-state index in [0.717, 1.165) is 31.0 Å². The third kappa shape index (κ3) is 6.24. The number of hydrogen-bond donors (Lipinski definition) is 1. The minimum atomic E-state index is 0.608. The van der Waals surface area contributed by atoms with Crippen molar-refractivity contribution in [3.63, 3.8) is 0 Å². The summed E-state index contributed by atoms with van der Waals surface area (Å²) in [5.41, 5.74) is 1.13. The van der Waals surface area contributed by atoms with Gasteiger partial charge in [0.1, 0.15) is 5.82 Å². The monoisotopic (exact) mass is 238 g/mol. The third-order valence-corrected chi connectivity index (χ3v) is 2.17. The van der Waals surface area contributed by atoms with Crippen molar-refractivity contribution in [1.29, 1.82) is 0 Å². The van der Waals surface area contributed by atoms with Crippen LogP contribution in [0.5, 0.6) is 0 Å². The number of pyridine rings is 1. The van der Waals surface area contributed by atoms with Gasteiger partial charge in [-0.25, -0.2) is 4.98 Å². The second kappa shape index (κ2) is 8.96. The van der Waals surface area contributed by atoms with Crippen molar-refractivity contribution in [3.8, 4) is 0 Å². The summed E-state index contributed by atoms with van der Waals surface area (Å²) in [5.74, 6) is 0.899. The molecule has 0 saturated heterocycles. The van der Waals surface area contributed by atoms with E-state index >= 15 is 0 Å². The summed E-state index contributed by atoms with van der Waals surface area (Å²) in [6.07, 6.45) is 2.85. The molecule has 4 nitrogen and oxygen atoms in total. The van der Waals surface area contributed by atoms with Gasteiger partial charge in [0.2, 0.25) is 0 Å². The van der Waals surface area contributed by atoms with Crippen molar-refractivity contribution in [2.75, 3.05) is 31.7 Å². The predicted octanol–water partition coefficient (Wildman–Crippen LogP) is 2.46. The molecule has 0 atom stereocenters. The van der Waals surface area contributed by atoms with E-state index in [-0.39, 0.29) is 0 Å². The summed E-state index contributed by atoms with van der Waals surface area (Å²) in [4.78, 5) is 4.21. The molecule has 0 radical (unpaired) electrons. The molecule has 0 unspecified atom stereocenters. The van der Waals surface area contributed by atoms with Gasteiger partial charge in [-0.3, -0.25) is 0 Å². The Hall–Kier alpha value is -1.13. The lowest BCUT2D eigenvalue weighted by Crippen LogP contribution is -2.05. The largest absolute Gasteiger partial charge is 0.379 e. The first-order chi connectivity index (χ1) is 8.36. The fraction of sp³-hybridized carbons (Fsp3) is 0.615. The van der Waals surface area contributed by atoms with E-state index < -0.39 is 0 Å². The molecule has 17 heavy (non-hydrogen) atoms. The van der Waals surface area contributed by atoms with Gasteiger partial charge in [-0.2, -0.15) is 0 Å². The fourth-order valence-corrected chi connectivity index (χ4v) is 1.40. The average molecular weight is 238 g/mol. The van der Waals surface area contributed by atoms with E-state index in [1.807, 2.05) is 12.1 Å². The van der Waals surface area contributed by atoms with E-state index in [4.69, 9.17) is 9.47 Å². The van der Waals surface area contributed by atoms with Crippen molar-refractivity contribution in [3.05, 3.63) is 23.9 Å². The van der Waals surface area contributed by atoms with E-state index in [1.165, 1.54) is 0 Å². The SMILES string of the molecule is CCCOCCOCc1ccnc(NCC)c1. The van der Waals surface area contributed by atoms with Crippen molar-refractivity contribution in [1.82, 2.24) is 4.98 Å². The highest BCUT2D eigenvalue weighted by atomic mass is 16.5. The normalized spacial score (nSPS) is 10.5. The van der Waals surface area contributed by atoms with Gasteiger partial charge in [-0.05, 0) is 31.0 Å². The van der Waals surface area contributed by atoms with Crippen LogP contribution in [0.15, 0.2) is 18.3 Å². The van der Waals surface area contributed by atoms with Crippen LogP contribution in [0.4, 0.5) is 5.82 Å². The smallest absolute Gasteiger partial charge is 0.126 e. The number of hydrogen-bond acceptors (Lipinski definition) is 4. The zero-order chi connectivity index (χ0) is 12.3. The van der Waals surface area contributed by atoms with Crippen LogP contribution in [0.2, 0.25) is 0 Å². The number of anilines is 1. The first-order valence-corrected chi connectivity index (χ1v) is 6.21. The standard InChI is InChI=1S/C13H22N2O2/c1-3-7-16-8-9-17-11-12-5-6-15-13(10-12)14-4-2/h5-6,10H,3-4,7-9,11H2,1-2H3,(H,14,15). The fourth-order valence-electron chi connectivity index (χ4n) is 1.40. The van der Waals surface area contributed by atoms with Crippen LogP contribution in [0.3, 0.4) is 0 Å². The second-order valence-corrected chi connectivity index (χ2v) is 3.74. The molecule has 1 heterocycles. The molecule has 1 N–H and O–H groups in total. The van der Waals surface area contributed by atoms with Crippen LogP contribution >= 0.6 is 0 Å². The van der Waals surface area contributed by atoms with Gasteiger partial charge in [-0.15, -0.1) is 0 Å². The maximum absolute atomic E-state index is 5.52. The van der Waals surface area contributed by atoms with Crippen molar-refractivity contribution in [2.24, 2.45) is 0 Å². The minimum Gasteiger partial charge on any atom is -0.379 e. The first-order valence-electron chi connectivity index (χ1n) is 6.21. The first kappa shape index (κ1) is 13.9. The minimum absolute atomic E-state index is 0.608. The summed E-state index contributed by atoms with van der Waals surface area (Å²) in [6.45, 7) is 7.75. The molecule has 0 aliphatic rings. The molecule has 1 rings (SSSR count). The van der Waals surface area contributed by atoms with E-state index in [0.29, 0.717) is 19.8 Å². The molecule has 0 aliphatic heterocycles. The molecule has 0 bridgehead atoms. The Kier molecular flexibility index (Phi) is 7.34. The predicted molar refractivity (Wildman–Crippen MR) is 69.2 cm³/mol. The Bertz CT molecular complexity index is 305. The van der Waals surface area contributed by atoms with Gasteiger partial charge in [-0.1, -0.05) is 6.92 Å². The Morgan fingerprint density at radius 2 is 2.00 bits per heavy atom. The summed E-state index contributed by atoms with van der Waals surface area (Å²) >= 11 is 0. The van der Waals surface area contributed by atoms with Gasteiger partial charge < -0.3 is 14.8 Å². The van der Waals surface area contributed by atoms with Crippen LogP contribution in [-0.4, -0.2) is 31.3 Å². The lowest BCUT2D eigenvalue weighted by Gasteiger charge is -2.07. The van der Waals surface area contributed by atoms with E-state index in [1.54, 1.807) is 6.20 Å². The molecular formula is C13H22N2O2. The van der Waals surface area contributed by atoms with E-state index in [2.05, 4.69) is 24.1 Å². The summed E-state index contributed by atoms with van der Waals surface area (Å²) in [6, 6.07) is 3.98. The summed E-state index contributed by atoms with van der Waals surface area (Å²) < 4.78 is 10.9. The summed E-state index contributed by atoms with van der Waals surface area (Å²) in [5, 5.41) is 3.17. The second-order valence-electron chi connectivity index (χ2n) is 3.74. The van der Waals surface area contributed by atoms with Crippen molar-refractivity contribution >= 4 is 5.82 Å². The quantitative estimate of drug-likeness (QED) is 0.671. The highest BCUT2D eigenvalue weighted by Crippen LogP contribution is 2.07. The molecule has 96 valence electrons. The molecule has 0 spiro atoms. The van der Waals surface area contributed by atoms with Crippen LogP contribution in [0.1, 0.15) is 25.8 Å². The zero-order valence-electron chi connectivity index (χ0n) is 10.7. The number of nitrogens with zero attached hydrogens (tertiary/aromatic N) is 1. The highest BCUT2D eigenvalue weighted by molar-refractivity contribution is 5.36. The van der Waals surface area contributed by atoms with Gasteiger partial charge >= 0.3 is 0 Å². The molecule has 0 amide bonds.